The number of anilines is 1. The van der Waals surface area contributed by atoms with Crippen molar-refractivity contribution in [2.24, 2.45) is 0 Å². The lowest BCUT2D eigenvalue weighted by Gasteiger charge is -2.10. The molecule has 0 atom stereocenters. The van der Waals surface area contributed by atoms with Crippen molar-refractivity contribution in [2.75, 3.05) is 11.1 Å². The summed E-state index contributed by atoms with van der Waals surface area (Å²) in [5.41, 5.74) is 5.78. The van der Waals surface area contributed by atoms with Gasteiger partial charge in [-0.25, -0.2) is 4.98 Å². The molecular weight excluding hydrogens is 356 g/mol. The highest BCUT2D eigenvalue weighted by Gasteiger charge is 2.10. The van der Waals surface area contributed by atoms with Crippen molar-refractivity contribution in [1.82, 2.24) is 4.98 Å². The van der Waals surface area contributed by atoms with Crippen LogP contribution in [0.4, 0.5) is 5.69 Å². The van der Waals surface area contributed by atoms with Crippen LogP contribution in [0, 0.1) is 20.8 Å². The molecule has 5 heteroatoms. The van der Waals surface area contributed by atoms with E-state index in [4.69, 9.17) is 4.98 Å². The fourth-order valence-electron chi connectivity index (χ4n) is 2.79. The third-order valence-electron chi connectivity index (χ3n) is 4.49. The van der Waals surface area contributed by atoms with Crippen LogP contribution >= 0.6 is 11.8 Å². The molecule has 0 saturated heterocycles. The molecule has 0 fully saturated rings. The number of rotatable bonds is 5. The number of thioether (sulfide) groups is 1. The van der Waals surface area contributed by atoms with Gasteiger partial charge in [-0.1, -0.05) is 11.8 Å². The van der Waals surface area contributed by atoms with Gasteiger partial charge in [0.15, 0.2) is 5.78 Å². The normalized spacial score (nSPS) is 10.8. The molecule has 0 spiro atoms. The number of nitrogens with zero attached hydrogens (tertiary/aromatic N) is 1. The molecule has 1 aromatic heterocycles. The highest BCUT2D eigenvalue weighted by atomic mass is 32.2. The van der Waals surface area contributed by atoms with E-state index < -0.39 is 0 Å². The molecule has 0 radical (unpaired) electrons. The third-order valence-corrected chi connectivity index (χ3v) is 5.58. The highest BCUT2D eigenvalue weighted by Crippen LogP contribution is 2.26. The van der Waals surface area contributed by atoms with E-state index in [-0.39, 0.29) is 17.4 Å². The number of fused-ring (bicyclic) bond motifs is 1. The number of pyridine rings is 1. The van der Waals surface area contributed by atoms with Gasteiger partial charge < -0.3 is 5.32 Å². The van der Waals surface area contributed by atoms with E-state index in [1.54, 1.807) is 24.3 Å². The summed E-state index contributed by atoms with van der Waals surface area (Å²) >= 11 is 1.43. The van der Waals surface area contributed by atoms with Gasteiger partial charge in [0.05, 0.1) is 11.3 Å². The summed E-state index contributed by atoms with van der Waals surface area (Å²) in [6.07, 6.45) is 0. The maximum absolute atomic E-state index is 12.3. The molecule has 3 rings (SSSR count). The maximum atomic E-state index is 12.3. The number of aromatic nitrogens is 1. The van der Waals surface area contributed by atoms with Crippen molar-refractivity contribution < 1.29 is 9.59 Å². The van der Waals surface area contributed by atoms with Gasteiger partial charge in [-0.3, -0.25) is 9.59 Å². The summed E-state index contributed by atoms with van der Waals surface area (Å²) in [7, 11) is 0. The minimum Gasteiger partial charge on any atom is -0.325 e. The van der Waals surface area contributed by atoms with E-state index in [0.717, 1.165) is 21.5 Å². The average Bonchev–Trinajstić information content (AvgIpc) is 2.62. The Morgan fingerprint density at radius 1 is 0.963 bits per heavy atom. The molecule has 0 unspecified atom stereocenters. The molecule has 27 heavy (non-hydrogen) atoms. The lowest BCUT2D eigenvalue weighted by molar-refractivity contribution is -0.113. The topological polar surface area (TPSA) is 59.1 Å². The van der Waals surface area contributed by atoms with Crippen LogP contribution in [0.5, 0.6) is 0 Å². The van der Waals surface area contributed by atoms with Crippen LogP contribution in [0.1, 0.15) is 34.0 Å². The Morgan fingerprint density at radius 2 is 1.59 bits per heavy atom. The first kappa shape index (κ1) is 19.1. The fourth-order valence-corrected chi connectivity index (χ4v) is 3.58. The Hall–Kier alpha value is -2.66. The monoisotopic (exact) mass is 378 g/mol. The van der Waals surface area contributed by atoms with Gasteiger partial charge in [0.1, 0.15) is 5.03 Å². The number of benzene rings is 2. The minimum absolute atomic E-state index is 0.00622. The summed E-state index contributed by atoms with van der Waals surface area (Å²) in [6, 6.07) is 13.3. The van der Waals surface area contributed by atoms with Crippen LogP contribution in [-0.2, 0) is 4.79 Å². The van der Waals surface area contributed by atoms with Gasteiger partial charge in [0.25, 0.3) is 0 Å². The molecule has 0 saturated carbocycles. The van der Waals surface area contributed by atoms with Crippen LogP contribution in [-0.4, -0.2) is 22.4 Å². The van der Waals surface area contributed by atoms with Gasteiger partial charge in [0, 0.05) is 16.6 Å². The molecule has 0 aliphatic rings. The Balaban J connectivity index is 1.68. The number of amides is 1. The second-order valence-corrected chi connectivity index (χ2v) is 7.67. The standard InChI is InChI=1S/C22H22N2O2S/c1-13-9-18-10-15(3)22(24-20(18)11-14(13)2)27-12-21(26)23-19-7-5-17(6-8-19)16(4)25/h5-11H,12H2,1-4H3,(H,23,26). The van der Waals surface area contributed by atoms with E-state index in [0.29, 0.717) is 11.3 Å². The molecule has 1 heterocycles. The SMILES string of the molecule is CC(=O)c1ccc(NC(=O)CSc2nc3cc(C)c(C)cc3cc2C)cc1. The Labute approximate surface area is 163 Å². The van der Waals surface area contributed by atoms with Gasteiger partial charge in [0.2, 0.25) is 5.91 Å². The minimum atomic E-state index is -0.100. The van der Waals surface area contributed by atoms with E-state index in [9.17, 15) is 9.59 Å². The first-order valence-corrected chi connectivity index (χ1v) is 9.74. The van der Waals surface area contributed by atoms with Crippen LogP contribution in [0.2, 0.25) is 0 Å². The molecule has 2 aromatic carbocycles. The van der Waals surface area contributed by atoms with Gasteiger partial charge in [-0.05, 0) is 86.8 Å². The lowest BCUT2D eigenvalue weighted by atomic mass is 10.1. The quantitative estimate of drug-likeness (QED) is 0.496. The zero-order valence-electron chi connectivity index (χ0n) is 15.9. The highest BCUT2D eigenvalue weighted by molar-refractivity contribution is 8.00. The second kappa shape index (κ2) is 7.92. The molecule has 1 N–H and O–H groups in total. The zero-order valence-corrected chi connectivity index (χ0v) is 16.7. The summed E-state index contributed by atoms with van der Waals surface area (Å²) < 4.78 is 0. The Bertz CT molecular complexity index is 1030. The Morgan fingerprint density at radius 3 is 2.26 bits per heavy atom. The van der Waals surface area contributed by atoms with Gasteiger partial charge >= 0.3 is 0 Å². The molecule has 138 valence electrons. The van der Waals surface area contributed by atoms with Gasteiger partial charge in [-0.2, -0.15) is 0 Å². The van der Waals surface area contributed by atoms with Crippen molar-refractivity contribution in [3.63, 3.8) is 0 Å². The largest absolute Gasteiger partial charge is 0.325 e. The number of carbonyl (C=O) groups excluding carboxylic acids is 2. The average molecular weight is 378 g/mol. The number of aryl methyl sites for hydroxylation is 3. The zero-order chi connectivity index (χ0) is 19.6. The number of hydrogen-bond donors (Lipinski definition) is 1. The molecule has 4 nitrogen and oxygen atoms in total. The number of nitrogens with one attached hydrogen (secondary N) is 1. The predicted octanol–water partition coefficient (Wildman–Crippen LogP) is 5.09. The first-order chi connectivity index (χ1) is 12.8. The summed E-state index contributed by atoms with van der Waals surface area (Å²) in [6.45, 7) is 7.71. The lowest BCUT2D eigenvalue weighted by Crippen LogP contribution is -2.14. The van der Waals surface area contributed by atoms with E-state index >= 15 is 0 Å². The summed E-state index contributed by atoms with van der Waals surface area (Å²) in [5.74, 6) is 0.183. The summed E-state index contributed by atoms with van der Waals surface area (Å²) in [5, 5.41) is 4.84. The fraction of sp³-hybridized carbons (Fsp3) is 0.227. The van der Waals surface area contributed by atoms with Crippen LogP contribution in [0.3, 0.4) is 0 Å². The smallest absolute Gasteiger partial charge is 0.234 e. The van der Waals surface area contributed by atoms with Crippen LogP contribution in [0.25, 0.3) is 10.9 Å². The van der Waals surface area contributed by atoms with Crippen LogP contribution in [0.15, 0.2) is 47.5 Å². The number of Topliss-reactive ketones (excluding diaryl/α,β-unsaturated/α-hetero) is 1. The van der Waals surface area contributed by atoms with Crippen LogP contribution < -0.4 is 5.32 Å². The van der Waals surface area contributed by atoms with Gasteiger partial charge in [-0.15, -0.1) is 0 Å². The first-order valence-electron chi connectivity index (χ1n) is 8.76. The molecule has 0 aliphatic heterocycles. The van der Waals surface area contributed by atoms with Crippen molar-refractivity contribution in [1.29, 1.82) is 0 Å². The number of carbonyl (C=O) groups is 2. The second-order valence-electron chi connectivity index (χ2n) is 6.71. The predicted molar refractivity (Wildman–Crippen MR) is 112 cm³/mol. The number of ketones is 1. The molecule has 0 aliphatic carbocycles. The molecular formula is C22H22N2O2S. The van der Waals surface area contributed by atoms with E-state index in [2.05, 4.69) is 37.4 Å². The Kier molecular flexibility index (Phi) is 5.61. The molecule has 3 aromatic rings. The number of hydrogen-bond acceptors (Lipinski definition) is 4. The van der Waals surface area contributed by atoms with Crippen molar-refractivity contribution in [2.45, 2.75) is 32.7 Å². The van der Waals surface area contributed by atoms with Crippen molar-refractivity contribution in [3.8, 4) is 0 Å². The molecule has 1 amide bonds. The van der Waals surface area contributed by atoms with E-state index in [1.807, 2.05) is 6.92 Å². The summed E-state index contributed by atoms with van der Waals surface area (Å²) in [4.78, 5) is 28.3. The third kappa shape index (κ3) is 4.55. The van der Waals surface area contributed by atoms with E-state index in [1.165, 1.54) is 29.8 Å². The molecule has 0 bridgehead atoms. The maximum Gasteiger partial charge on any atom is 0.234 e. The van der Waals surface area contributed by atoms with Crippen molar-refractivity contribution >= 4 is 40.0 Å². The van der Waals surface area contributed by atoms with Crippen molar-refractivity contribution in [3.05, 3.63) is 64.7 Å².